The number of carbonyl (C=O) groups excluding carboxylic acids is 1. The van der Waals surface area contributed by atoms with Crippen molar-refractivity contribution in [3.8, 4) is 5.69 Å². The molecule has 1 aromatic heterocycles. The molecule has 1 atom stereocenters. The number of carbonyl (C=O) groups is 1. The molecule has 0 aliphatic rings. The van der Waals surface area contributed by atoms with Crippen LogP contribution in [-0.4, -0.2) is 44.9 Å². The molecule has 1 amide bonds. The molecule has 6 heteroatoms. The van der Waals surface area contributed by atoms with E-state index in [2.05, 4.69) is 10.4 Å². The maximum atomic E-state index is 12.2. The van der Waals surface area contributed by atoms with E-state index >= 15 is 0 Å². The van der Waals surface area contributed by atoms with Crippen molar-refractivity contribution in [3.63, 3.8) is 0 Å². The average molecular weight is 347 g/mol. The van der Waals surface area contributed by atoms with Crippen molar-refractivity contribution in [3.05, 3.63) is 47.3 Å². The van der Waals surface area contributed by atoms with Crippen LogP contribution in [0.25, 0.3) is 5.69 Å². The second-order valence-electron chi connectivity index (χ2n) is 6.28. The molecule has 2 N–H and O–H groups in total. The number of rotatable bonds is 7. The van der Waals surface area contributed by atoms with Crippen molar-refractivity contribution in [1.29, 1.82) is 0 Å². The molecule has 0 spiro atoms. The molecule has 0 saturated heterocycles. The van der Waals surface area contributed by atoms with Crippen LogP contribution in [0.2, 0.25) is 0 Å². The molecule has 0 saturated carbocycles. The van der Waals surface area contributed by atoms with E-state index in [0.717, 1.165) is 22.6 Å². The Bertz CT molecular complexity index is 696. The lowest BCUT2D eigenvalue weighted by molar-refractivity contribution is -0.121. The summed E-state index contributed by atoms with van der Waals surface area (Å²) in [5.41, 5.74) is 2.83. The minimum absolute atomic E-state index is 0.102. The van der Waals surface area contributed by atoms with Gasteiger partial charge < -0.3 is 10.4 Å². The van der Waals surface area contributed by atoms with Crippen LogP contribution in [0.3, 0.4) is 0 Å². The van der Waals surface area contributed by atoms with E-state index in [9.17, 15) is 9.90 Å². The summed E-state index contributed by atoms with van der Waals surface area (Å²) in [4.78, 5) is 12.2. The number of thioether (sulfide) groups is 1. The number of aliphatic hydroxyl groups is 1. The zero-order chi connectivity index (χ0) is 17.7. The van der Waals surface area contributed by atoms with E-state index in [4.69, 9.17) is 0 Å². The van der Waals surface area contributed by atoms with Gasteiger partial charge in [0.05, 0.1) is 23.4 Å². The summed E-state index contributed by atoms with van der Waals surface area (Å²) in [6.45, 7) is 5.86. The Hall–Kier alpha value is -1.79. The number of aryl methyl sites for hydroxylation is 1. The number of hydrogen-bond donors (Lipinski definition) is 2. The monoisotopic (exact) mass is 347 g/mol. The molecule has 2 aromatic rings. The van der Waals surface area contributed by atoms with Gasteiger partial charge in [0.15, 0.2) is 0 Å². The molecule has 1 aromatic carbocycles. The summed E-state index contributed by atoms with van der Waals surface area (Å²) >= 11 is 1.56. The topological polar surface area (TPSA) is 67.2 Å². The zero-order valence-electron chi connectivity index (χ0n) is 14.7. The first-order valence-electron chi connectivity index (χ1n) is 7.92. The van der Waals surface area contributed by atoms with Gasteiger partial charge in [0, 0.05) is 23.6 Å². The number of amides is 1. The van der Waals surface area contributed by atoms with Crippen LogP contribution >= 0.6 is 11.8 Å². The Kier molecular flexibility index (Phi) is 6.07. The van der Waals surface area contributed by atoms with Crippen LogP contribution in [0.5, 0.6) is 0 Å². The van der Waals surface area contributed by atoms with Gasteiger partial charge in [-0.3, -0.25) is 4.79 Å². The van der Waals surface area contributed by atoms with E-state index in [0.29, 0.717) is 5.75 Å². The van der Waals surface area contributed by atoms with Crippen molar-refractivity contribution in [1.82, 2.24) is 15.1 Å². The highest BCUT2D eigenvalue weighted by Gasteiger charge is 2.21. The third-order valence-electron chi connectivity index (χ3n) is 3.90. The molecular formula is C18H25N3O2S. The van der Waals surface area contributed by atoms with Gasteiger partial charge in [-0.2, -0.15) is 16.9 Å². The van der Waals surface area contributed by atoms with Gasteiger partial charge >= 0.3 is 0 Å². The fraction of sp³-hybridized carbons (Fsp3) is 0.444. The second-order valence-corrected chi connectivity index (χ2v) is 7.15. The van der Waals surface area contributed by atoms with E-state index < -0.39 is 5.60 Å². The molecule has 2 rings (SSSR count). The van der Waals surface area contributed by atoms with E-state index in [1.54, 1.807) is 18.7 Å². The Morgan fingerprint density at radius 1 is 1.33 bits per heavy atom. The van der Waals surface area contributed by atoms with Crippen molar-refractivity contribution < 1.29 is 9.90 Å². The lowest BCUT2D eigenvalue weighted by Gasteiger charge is -2.22. The molecule has 24 heavy (non-hydrogen) atoms. The van der Waals surface area contributed by atoms with E-state index in [1.807, 2.05) is 55.1 Å². The van der Waals surface area contributed by atoms with Gasteiger partial charge in [0.25, 0.3) is 0 Å². The first kappa shape index (κ1) is 18.5. The van der Waals surface area contributed by atoms with E-state index in [-0.39, 0.29) is 18.9 Å². The maximum absolute atomic E-state index is 12.2. The number of nitrogens with one attached hydrogen (secondary N) is 1. The van der Waals surface area contributed by atoms with Crippen molar-refractivity contribution in [2.45, 2.75) is 32.8 Å². The quantitative estimate of drug-likeness (QED) is 0.806. The molecule has 5 nitrogen and oxygen atoms in total. The van der Waals surface area contributed by atoms with Crippen molar-refractivity contribution >= 4 is 17.7 Å². The molecule has 130 valence electrons. The fourth-order valence-electron chi connectivity index (χ4n) is 2.63. The Labute approximate surface area is 147 Å². The molecular weight excluding hydrogens is 322 g/mol. The van der Waals surface area contributed by atoms with Crippen molar-refractivity contribution in [2.75, 3.05) is 18.6 Å². The van der Waals surface area contributed by atoms with Gasteiger partial charge in [0.1, 0.15) is 0 Å². The number of nitrogens with zero attached hydrogens (tertiary/aromatic N) is 2. The molecule has 0 aliphatic carbocycles. The standard InChI is InChI=1S/C18H25N3O2S/c1-13-16(10-17(22)19-11-18(3,23)12-24-4)14(2)21(20-13)15-8-6-5-7-9-15/h5-9,23H,10-12H2,1-4H3,(H,19,22). The molecule has 1 heterocycles. The summed E-state index contributed by atoms with van der Waals surface area (Å²) in [5.74, 6) is 0.479. The lowest BCUT2D eigenvalue weighted by atomic mass is 10.1. The average Bonchev–Trinajstić information content (AvgIpc) is 2.82. The predicted octanol–water partition coefficient (Wildman–Crippen LogP) is 2.26. The number of benzene rings is 1. The second kappa shape index (κ2) is 7.85. The van der Waals surface area contributed by atoms with E-state index in [1.165, 1.54) is 0 Å². The molecule has 0 fully saturated rings. The van der Waals surface area contributed by atoms with Gasteiger partial charge in [0.2, 0.25) is 5.91 Å². The first-order chi connectivity index (χ1) is 11.3. The Morgan fingerprint density at radius 3 is 2.62 bits per heavy atom. The molecule has 0 radical (unpaired) electrons. The van der Waals surface area contributed by atoms with Gasteiger partial charge in [-0.1, -0.05) is 18.2 Å². The van der Waals surface area contributed by atoms with Gasteiger partial charge in [-0.15, -0.1) is 0 Å². The third-order valence-corrected chi connectivity index (χ3v) is 4.81. The first-order valence-corrected chi connectivity index (χ1v) is 9.32. The minimum Gasteiger partial charge on any atom is -0.387 e. The predicted molar refractivity (Wildman–Crippen MR) is 98.8 cm³/mol. The zero-order valence-corrected chi connectivity index (χ0v) is 15.5. The van der Waals surface area contributed by atoms with Crippen LogP contribution in [0.1, 0.15) is 23.9 Å². The minimum atomic E-state index is -0.895. The lowest BCUT2D eigenvalue weighted by Crippen LogP contribution is -2.43. The highest BCUT2D eigenvalue weighted by atomic mass is 32.2. The Balaban J connectivity index is 2.08. The smallest absolute Gasteiger partial charge is 0.224 e. The SMILES string of the molecule is CSCC(C)(O)CNC(=O)Cc1c(C)nn(-c2ccccc2)c1C. The maximum Gasteiger partial charge on any atom is 0.224 e. The van der Waals surface area contributed by atoms with Crippen LogP contribution in [0, 0.1) is 13.8 Å². The van der Waals surface area contributed by atoms with Gasteiger partial charge in [-0.05, 0) is 39.2 Å². The summed E-state index contributed by atoms with van der Waals surface area (Å²) in [6.07, 6.45) is 2.20. The molecule has 0 aliphatic heterocycles. The van der Waals surface area contributed by atoms with Gasteiger partial charge in [-0.25, -0.2) is 4.68 Å². The summed E-state index contributed by atoms with van der Waals surface area (Å²) in [7, 11) is 0. The Morgan fingerprint density at radius 2 is 2.00 bits per heavy atom. The summed E-state index contributed by atoms with van der Waals surface area (Å²) in [5, 5.41) is 17.5. The molecule has 1 unspecified atom stereocenters. The highest BCUT2D eigenvalue weighted by Crippen LogP contribution is 2.18. The number of aromatic nitrogens is 2. The number of para-hydroxylation sites is 1. The van der Waals surface area contributed by atoms with Crippen LogP contribution in [0.15, 0.2) is 30.3 Å². The normalized spacial score (nSPS) is 13.5. The number of hydrogen-bond acceptors (Lipinski definition) is 4. The highest BCUT2D eigenvalue weighted by molar-refractivity contribution is 7.98. The van der Waals surface area contributed by atoms with Crippen molar-refractivity contribution in [2.24, 2.45) is 0 Å². The van der Waals surface area contributed by atoms with Crippen LogP contribution < -0.4 is 5.32 Å². The van der Waals surface area contributed by atoms with Crippen LogP contribution in [-0.2, 0) is 11.2 Å². The largest absolute Gasteiger partial charge is 0.387 e. The third kappa shape index (κ3) is 4.61. The fourth-order valence-corrected chi connectivity index (χ4v) is 3.35. The summed E-state index contributed by atoms with van der Waals surface area (Å²) in [6, 6.07) is 9.87. The summed E-state index contributed by atoms with van der Waals surface area (Å²) < 4.78 is 1.86. The molecule has 0 bridgehead atoms. The van der Waals surface area contributed by atoms with Crippen LogP contribution in [0.4, 0.5) is 0 Å².